The third-order valence-corrected chi connectivity index (χ3v) is 2.19. The molecule has 76 valence electrons. The Kier molecular flexibility index (Phi) is 4.40. The Morgan fingerprint density at radius 1 is 1.62 bits per heavy atom. The van der Waals surface area contributed by atoms with Gasteiger partial charge in [-0.3, -0.25) is 4.79 Å². The summed E-state index contributed by atoms with van der Waals surface area (Å²) in [7, 11) is 0. The molecule has 0 aromatic heterocycles. The molecule has 0 heterocycles. The maximum atomic E-state index is 10.9. The van der Waals surface area contributed by atoms with E-state index in [1.807, 2.05) is 0 Å². The summed E-state index contributed by atoms with van der Waals surface area (Å²) in [6.07, 6.45) is 0.364. The zero-order valence-corrected chi connectivity index (χ0v) is 7.78. The van der Waals surface area contributed by atoms with Crippen LogP contribution >= 0.6 is 0 Å². The van der Waals surface area contributed by atoms with Crippen molar-refractivity contribution in [2.75, 3.05) is 6.61 Å². The Morgan fingerprint density at radius 3 is 2.38 bits per heavy atom. The number of aliphatic hydroxyl groups is 1. The van der Waals surface area contributed by atoms with Crippen molar-refractivity contribution in [1.29, 1.82) is 0 Å². The van der Waals surface area contributed by atoms with Crippen molar-refractivity contribution < 1.29 is 19.8 Å². The van der Waals surface area contributed by atoms with Crippen LogP contribution in [0.3, 0.4) is 0 Å². The molecule has 0 aliphatic carbocycles. The van der Waals surface area contributed by atoms with Crippen LogP contribution in [0.1, 0.15) is 20.3 Å². The Balaban J connectivity index is 4.79. The molecule has 0 spiro atoms. The van der Waals surface area contributed by atoms with E-state index >= 15 is 0 Å². The van der Waals surface area contributed by atoms with Gasteiger partial charge in [0, 0.05) is 13.0 Å². The van der Waals surface area contributed by atoms with E-state index < -0.39 is 11.5 Å². The minimum absolute atomic E-state index is 0.0126. The summed E-state index contributed by atoms with van der Waals surface area (Å²) in [5.41, 5.74) is -1.35. The van der Waals surface area contributed by atoms with Crippen LogP contribution in [0, 0.1) is 5.92 Å². The summed E-state index contributed by atoms with van der Waals surface area (Å²) in [6.45, 7) is 3.09. The average Bonchev–Trinajstić information content (AvgIpc) is 2.03. The van der Waals surface area contributed by atoms with Gasteiger partial charge >= 0.3 is 5.97 Å². The molecule has 1 atom stereocenters. The van der Waals surface area contributed by atoms with Gasteiger partial charge in [0.25, 0.3) is 0 Å². The molecule has 5 heteroatoms. The highest BCUT2D eigenvalue weighted by Crippen LogP contribution is 2.20. The molecule has 0 saturated carbocycles. The van der Waals surface area contributed by atoms with Crippen LogP contribution in [0.2, 0.25) is 0 Å². The molecule has 0 aliphatic rings. The summed E-state index contributed by atoms with van der Waals surface area (Å²) in [6, 6.07) is 0. The molecule has 1 unspecified atom stereocenters. The topological polar surface area (TPSA) is 86.6 Å². The number of rotatable bonds is 6. The number of amides is 1. The van der Waals surface area contributed by atoms with Gasteiger partial charge in [-0.05, 0) is 5.92 Å². The van der Waals surface area contributed by atoms with E-state index in [0.717, 1.165) is 0 Å². The first-order chi connectivity index (χ1) is 6.01. The van der Waals surface area contributed by atoms with E-state index in [4.69, 9.17) is 10.2 Å². The fraction of sp³-hybridized carbons (Fsp3) is 0.750. The first kappa shape index (κ1) is 11.9. The number of aliphatic hydroxyl groups excluding tert-OH is 1. The molecule has 3 N–H and O–H groups in total. The number of aliphatic carboxylic acids is 1. The lowest BCUT2D eigenvalue weighted by Crippen LogP contribution is -2.56. The molecular formula is C8H15NO4. The number of nitrogens with one attached hydrogen (secondary N) is 1. The van der Waals surface area contributed by atoms with Crippen LogP contribution in [0.4, 0.5) is 0 Å². The van der Waals surface area contributed by atoms with E-state index in [9.17, 15) is 9.59 Å². The molecule has 13 heavy (non-hydrogen) atoms. The van der Waals surface area contributed by atoms with Gasteiger partial charge in [0.1, 0.15) is 5.54 Å². The predicted octanol–water partition coefficient (Wildman–Crippen LogP) is -0.406. The lowest BCUT2D eigenvalue weighted by molar-refractivity contribution is -0.149. The highest BCUT2D eigenvalue weighted by Gasteiger charge is 2.40. The Bertz CT molecular complexity index is 193. The summed E-state index contributed by atoms with van der Waals surface area (Å²) in [5.74, 6) is -1.40. The predicted molar refractivity (Wildman–Crippen MR) is 46.1 cm³/mol. The van der Waals surface area contributed by atoms with Crippen molar-refractivity contribution in [1.82, 2.24) is 5.32 Å². The van der Waals surface area contributed by atoms with E-state index in [0.29, 0.717) is 6.41 Å². The highest BCUT2D eigenvalue weighted by atomic mass is 16.4. The Morgan fingerprint density at radius 2 is 2.15 bits per heavy atom. The summed E-state index contributed by atoms with van der Waals surface area (Å²) in [5, 5.41) is 19.9. The molecule has 0 aromatic carbocycles. The van der Waals surface area contributed by atoms with Crippen LogP contribution in [0.25, 0.3) is 0 Å². The molecule has 0 aliphatic heterocycles. The normalized spacial score (nSPS) is 15.1. The van der Waals surface area contributed by atoms with Crippen LogP contribution in [-0.4, -0.2) is 34.7 Å². The van der Waals surface area contributed by atoms with Gasteiger partial charge in [0.15, 0.2) is 0 Å². The largest absolute Gasteiger partial charge is 0.479 e. The van der Waals surface area contributed by atoms with Crippen molar-refractivity contribution in [2.45, 2.75) is 25.8 Å². The zero-order chi connectivity index (χ0) is 10.5. The van der Waals surface area contributed by atoms with Crippen molar-refractivity contribution >= 4 is 12.4 Å². The van der Waals surface area contributed by atoms with Crippen molar-refractivity contribution in [3.63, 3.8) is 0 Å². The van der Waals surface area contributed by atoms with Gasteiger partial charge in [-0.1, -0.05) is 13.8 Å². The van der Waals surface area contributed by atoms with E-state index in [-0.39, 0.29) is 18.9 Å². The van der Waals surface area contributed by atoms with Crippen molar-refractivity contribution in [3.8, 4) is 0 Å². The second-order valence-electron chi connectivity index (χ2n) is 3.17. The molecule has 0 radical (unpaired) electrons. The second-order valence-corrected chi connectivity index (χ2v) is 3.17. The highest BCUT2D eigenvalue weighted by molar-refractivity contribution is 5.81. The fourth-order valence-corrected chi connectivity index (χ4v) is 1.22. The lowest BCUT2D eigenvalue weighted by atomic mass is 9.84. The number of carbonyl (C=O) groups is 2. The van der Waals surface area contributed by atoms with Crippen LogP contribution in [0.15, 0.2) is 0 Å². The summed E-state index contributed by atoms with van der Waals surface area (Å²) in [4.78, 5) is 21.2. The van der Waals surface area contributed by atoms with Crippen LogP contribution in [0.5, 0.6) is 0 Å². The average molecular weight is 189 g/mol. The van der Waals surface area contributed by atoms with E-state index in [2.05, 4.69) is 5.32 Å². The van der Waals surface area contributed by atoms with Crippen molar-refractivity contribution in [3.05, 3.63) is 0 Å². The number of hydrogen-bond donors (Lipinski definition) is 3. The minimum atomic E-state index is -1.35. The quantitative estimate of drug-likeness (QED) is 0.496. The first-order valence-electron chi connectivity index (χ1n) is 4.07. The third kappa shape index (κ3) is 2.42. The fourth-order valence-electron chi connectivity index (χ4n) is 1.22. The molecule has 5 nitrogen and oxygen atoms in total. The summed E-state index contributed by atoms with van der Waals surface area (Å²) >= 11 is 0. The maximum Gasteiger partial charge on any atom is 0.329 e. The standard InChI is InChI=1S/C8H15NO4/c1-6(2)8(3-4-10,7(12)13)9-5-11/h5-6,10H,3-4H2,1-2H3,(H,9,11)(H,12,13). The van der Waals surface area contributed by atoms with Gasteiger partial charge in [0.2, 0.25) is 6.41 Å². The van der Waals surface area contributed by atoms with Gasteiger partial charge in [-0.15, -0.1) is 0 Å². The van der Waals surface area contributed by atoms with Gasteiger partial charge in [-0.25, -0.2) is 4.79 Å². The maximum absolute atomic E-state index is 10.9. The van der Waals surface area contributed by atoms with Crippen molar-refractivity contribution in [2.24, 2.45) is 5.92 Å². The van der Waals surface area contributed by atoms with Gasteiger partial charge in [-0.2, -0.15) is 0 Å². The number of carboxylic acid groups (broad SMARTS) is 1. The SMILES string of the molecule is CC(C)C(CCO)(NC=O)C(=O)O. The molecule has 0 rings (SSSR count). The summed E-state index contributed by atoms with van der Waals surface area (Å²) < 4.78 is 0. The molecule has 0 saturated heterocycles. The molecular weight excluding hydrogens is 174 g/mol. The second kappa shape index (κ2) is 4.81. The minimum Gasteiger partial charge on any atom is -0.479 e. The number of hydrogen-bond acceptors (Lipinski definition) is 3. The zero-order valence-electron chi connectivity index (χ0n) is 7.78. The Hall–Kier alpha value is -1.10. The number of carboxylic acids is 1. The monoisotopic (exact) mass is 189 g/mol. The van der Waals surface area contributed by atoms with Crippen LogP contribution < -0.4 is 5.32 Å². The molecule has 0 fully saturated rings. The molecule has 1 amide bonds. The van der Waals surface area contributed by atoms with E-state index in [1.54, 1.807) is 13.8 Å². The van der Waals surface area contributed by atoms with Gasteiger partial charge in [0.05, 0.1) is 0 Å². The molecule has 0 bridgehead atoms. The number of carbonyl (C=O) groups excluding carboxylic acids is 1. The third-order valence-electron chi connectivity index (χ3n) is 2.19. The molecule has 0 aromatic rings. The van der Waals surface area contributed by atoms with Crippen LogP contribution in [-0.2, 0) is 9.59 Å². The van der Waals surface area contributed by atoms with E-state index in [1.165, 1.54) is 0 Å². The lowest BCUT2D eigenvalue weighted by Gasteiger charge is -2.31. The first-order valence-corrected chi connectivity index (χ1v) is 4.07. The Labute approximate surface area is 76.8 Å². The van der Waals surface area contributed by atoms with Gasteiger partial charge < -0.3 is 15.5 Å². The smallest absolute Gasteiger partial charge is 0.329 e.